The van der Waals surface area contributed by atoms with E-state index >= 15 is 0 Å². The summed E-state index contributed by atoms with van der Waals surface area (Å²) in [5.41, 5.74) is 2.21. The van der Waals surface area contributed by atoms with Crippen LogP contribution in [0.3, 0.4) is 0 Å². The normalized spacial score (nSPS) is 12.4. The van der Waals surface area contributed by atoms with Crippen LogP contribution in [0, 0.1) is 5.82 Å². The summed E-state index contributed by atoms with van der Waals surface area (Å²) < 4.78 is 15.0. The van der Waals surface area contributed by atoms with Crippen LogP contribution in [0.25, 0.3) is 11.0 Å². The van der Waals surface area contributed by atoms with E-state index in [-0.39, 0.29) is 5.82 Å². The Labute approximate surface area is 142 Å². The van der Waals surface area contributed by atoms with Gasteiger partial charge in [0.05, 0.1) is 17.2 Å². The van der Waals surface area contributed by atoms with Crippen molar-refractivity contribution in [3.63, 3.8) is 0 Å². The van der Waals surface area contributed by atoms with Gasteiger partial charge in [0.25, 0.3) is 0 Å². The predicted octanol–water partition coefficient (Wildman–Crippen LogP) is 3.90. The van der Waals surface area contributed by atoms with Crippen LogP contribution in [0.1, 0.15) is 24.9 Å². The standard InChI is InChI=1S/C17H16FN3O2S/c1-2-14(16(22)23)21-15-9-19-7-6-13(15)20-17(21)24-10-11-4-3-5-12(18)8-11/h3-9,14H,2,10H2,1H3,(H,22,23). The number of carboxylic acid groups (broad SMARTS) is 1. The summed E-state index contributed by atoms with van der Waals surface area (Å²) in [5, 5.41) is 10.1. The largest absolute Gasteiger partial charge is 0.480 e. The van der Waals surface area contributed by atoms with E-state index in [1.54, 1.807) is 29.1 Å². The van der Waals surface area contributed by atoms with Crippen molar-refractivity contribution < 1.29 is 14.3 Å². The van der Waals surface area contributed by atoms with Gasteiger partial charge in [0.15, 0.2) is 5.16 Å². The molecule has 0 aliphatic rings. The summed E-state index contributed by atoms with van der Waals surface area (Å²) in [7, 11) is 0. The number of pyridine rings is 1. The van der Waals surface area contributed by atoms with Crippen LogP contribution in [0.5, 0.6) is 0 Å². The molecule has 0 bridgehead atoms. The van der Waals surface area contributed by atoms with Gasteiger partial charge in [0, 0.05) is 11.9 Å². The number of halogens is 1. The number of fused-ring (bicyclic) bond motifs is 1. The molecular weight excluding hydrogens is 329 g/mol. The zero-order chi connectivity index (χ0) is 17.1. The SMILES string of the molecule is CCC(C(=O)O)n1c(SCc2cccc(F)c2)nc2ccncc21. The minimum absolute atomic E-state index is 0.289. The maximum absolute atomic E-state index is 13.3. The van der Waals surface area contributed by atoms with Crippen molar-refractivity contribution in [2.75, 3.05) is 0 Å². The highest BCUT2D eigenvalue weighted by molar-refractivity contribution is 7.98. The van der Waals surface area contributed by atoms with Gasteiger partial charge in [-0.05, 0) is 30.2 Å². The number of thioether (sulfide) groups is 1. The summed E-state index contributed by atoms with van der Waals surface area (Å²) in [5.74, 6) is -0.694. The van der Waals surface area contributed by atoms with Gasteiger partial charge in [0.1, 0.15) is 11.9 Å². The van der Waals surface area contributed by atoms with Crippen molar-refractivity contribution in [3.8, 4) is 0 Å². The van der Waals surface area contributed by atoms with E-state index in [0.29, 0.717) is 28.4 Å². The van der Waals surface area contributed by atoms with Gasteiger partial charge in [-0.3, -0.25) is 4.98 Å². The van der Waals surface area contributed by atoms with Gasteiger partial charge >= 0.3 is 5.97 Å². The molecule has 0 spiro atoms. The first-order chi connectivity index (χ1) is 11.6. The van der Waals surface area contributed by atoms with Crippen molar-refractivity contribution in [1.29, 1.82) is 0 Å². The third-order valence-corrected chi connectivity index (χ3v) is 4.72. The number of aromatic nitrogens is 3. The molecule has 1 atom stereocenters. The number of carbonyl (C=O) groups is 1. The first kappa shape index (κ1) is 16.4. The minimum atomic E-state index is -0.909. The summed E-state index contributed by atoms with van der Waals surface area (Å²) in [6.07, 6.45) is 3.69. The van der Waals surface area contributed by atoms with Crippen LogP contribution in [0.15, 0.2) is 47.9 Å². The number of rotatable bonds is 6. The Kier molecular flexibility index (Phi) is 4.80. The van der Waals surface area contributed by atoms with E-state index in [1.807, 2.05) is 13.0 Å². The molecule has 3 aromatic rings. The van der Waals surface area contributed by atoms with Gasteiger partial charge in [-0.15, -0.1) is 0 Å². The summed E-state index contributed by atoms with van der Waals surface area (Å²) in [4.78, 5) is 20.2. The molecule has 5 nitrogen and oxygen atoms in total. The van der Waals surface area contributed by atoms with Gasteiger partial charge in [-0.25, -0.2) is 14.2 Å². The summed E-state index contributed by atoms with van der Waals surface area (Å²) in [6, 6.07) is 7.40. The topological polar surface area (TPSA) is 68.0 Å². The first-order valence-corrected chi connectivity index (χ1v) is 8.50. The van der Waals surface area contributed by atoms with Crippen LogP contribution < -0.4 is 0 Å². The van der Waals surface area contributed by atoms with Crippen molar-refractivity contribution in [2.45, 2.75) is 30.3 Å². The highest BCUT2D eigenvalue weighted by Gasteiger charge is 2.24. The second kappa shape index (κ2) is 7.00. The Hall–Kier alpha value is -2.41. The zero-order valence-electron chi connectivity index (χ0n) is 13.0. The maximum atomic E-state index is 13.3. The molecule has 1 unspecified atom stereocenters. The van der Waals surface area contributed by atoms with Crippen molar-refractivity contribution in [3.05, 3.63) is 54.1 Å². The fourth-order valence-electron chi connectivity index (χ4n) is 2.56. The van der Waals surface area contributed by atoms with Crippen molar-refractivity contribution >= 4 is 28.8 Å². The minimum Gasteiger partial charge on any atom is -0.480 e. The van der Waals surface area contributed by atoms with Gasteiger partial charge in [-0.1, -0.05) is 30.8 Å². The second-order valence-corrected chi connectivity index (χ2v) is 6.25. The summed E-state index contributed by atoms with van der Waals surface area (Å²) >= 11 is 1.39. The lowest BCUT2D eigenvalue weighted by molar-refractivity contribution is -0.141. The van der Waals surface area contributed by atoms with E-state index in [1.165, 1.54) is 23.9 Å². The van der Waals surface area contributed by atoms with Crippen molar-refractivity contribution in [1.82, 2.24) is 14.5 Å². The van der Waals surface area contributed by atoms with Crippen LogP contribution in [0.2, 0.25) is 0 Å². The number of hydrogen-bond acceptors (Lipinski definition) is 4. The monoisotopic (exact) mass is 345 g/mol. The number of aliphatic carboxylic acids is 1. The van der Waals surface area contributed by atoms with E-state index in [9.17, 15) is 14.3 Å². The Morgan fingerprint density at radius 3 is 2.96 bits per heavy atom. The average molecular weight is 345 g/mol. The molecule has 1 N–H and O–H groups in total. The second-order valence-electron chi connectivity index (χ2n) is 5.31. The molecule has 24 heavy (non-hydrogen) atoms. The van der Waals surface area contributed by atoms with Crippen LogP contribution >= 0.6 is 11.8 Å². The number of nitrogens with zero attached hydrogens (tertiary/aromatic N) is 3. The summed E-state index contributed by atoms with van der Waals surface area (Å²) in [6.45, 7) is 1.82. The van der Waals surface area contributed by atoms with Gasteiger partial charge < -0.3 is 9.67 Å². The zero-order valence-corrected chi connectivity index (χ0v) is 13.8. The third kappa shape index (κ3) is 3.26. The lowest BCUT2D eigenvalue weighted by Gasteiger charge is -2.15. The maximum Gasteiger partial charge on any atom is 0.326 e. The Morgan fingerprint density at radius 1 is 1.42 bits per heavy atom. The molecule has 0 fully saturated rings. The highest BCUT2D eigenvalue weighted by Crippen LogP contribution is 2.31. The van der Waals surface area contributed by atoms with Crippen LogP contribution in [-0.4, -0.2) is 25.6 Å². The van der Waals surface area contributed by atoms with Gasteiger partial charge in [-0.2, -0.15) is 0 Å². The molecule has 0 saturated carbocycles. The Balaban J connectivity index is 1.98. The smallest absolute Gasteiger partial charge is 0.326 e. The van der Waals surface area contributed by atoms with Crippen LogP contribution in [0.4, 0.5) is 4.39 Å². The number of hydrogen-bond donors (Lipinski definition) is 1. The molecule has 0 amide bonds. The quantitative estimate of drug-likeness (QED) is 0.686. The fraction of sp³-hybridized carbons (Fsp3) is 0.235. The number of carboxylic acids is 1. The Morgan fingerprint density at radius 2 is 2.25 bits per heavy atom. The molecule has 2 heterocycles. The Bertz CT molecular complexity index is 881. The molecule has 7 heteroatoms. The van der Waals surface area contributed by atoms with E-state index in [0.717, 1.165) is 5.56 Å². The van der Waals surface area contributed by atoms with E-state index in [4.69, 9.17) is 0 Å². The molecule has 2 aromatic heterocycles. The molecule has 0 radical (unpaired) electrons. The third-order valence-electron chi connectivity index (χ3n) is 3.70. The first-order valence-electron chi connectivity index (χ1n) is 7.52. The fourth-order valence-corrected chi connectivity index (χ4v) is 3.57. The highest BCUT2D eigenvalue weighted by atomic mass is 32.2. The number of imidazole rings is 1. The predicted molar refractivity (Wildman–Crippen MR) is 90.5 cm³/mol. The molecule has 124 valence electrons. The molecular formula is C17H16FN3O2S. The lowest BCUT2D eigenvalue weighted by atomic mass is 10.2. The van der Waals surface area contributed by atoms with E-state index in [2.05, 4.69) is 9.97 Å². The average Bonchev–Trinajstić information content (AvgIpc) is 2.92. The molecule has 1 aromatic carbocycles. The molecule has 0 aliphatic heterocycles. The lowest BCUT2D eigenvalue weighted by Crippen LogP contribution is -2.19. The van der Waals surface area contributed by atoms with Crippen molar-refractivity contribution in [2.24, 2.45) is 0 Å². The molecule has 3 rings (SSSR count). The van der Waals surface area contributed by atoms with E-state index < -0.39 is 12.0 Å². The van der Waals surface area contributed by atoms with Crippen LogP contribution in [-0.2, 0) is 10.5 Å². The molecule has 0 saturated heterocycles. The molecule has 0 aliphatic carbocycles. The number of benzene rings is 1. The van der Waals surface area contributed by atoms with Gasteiger partial charge in [0.2, 0.25) is 0 Å².